The Bertz CT molecular complexity index is 1350. The first-order valence-corrected chi connectivity index (χ1v) is 19.2. The molecule has 0 amide bonds. The third-order valence-electron chi connectivity index (χ3n) is 9.32. The number of allylic oxidation sites excluding steroid dienone is 8. The topological polar surface area (TPSA) is 105 Å². The monoisotopic (exact) mass is 632 g/mol. The van der Waals surface area contributed by atoms with Gasteiger partial charge in [-0.2, -0.15) is 0 Å². The Hall–Kier alpha value is -3.32. The summed E-state index contributed by atoms with van der Waals surface area (Å²) in [5.41, 5.74) is 2.81. The molecule has 0 heterocycles. The number of hydrogen-bond donors (Lipinski definition) is 0. The van der Waals surface area contributed by atoms with Crippen molar-refractivity contribution in [2.45, 2.75) is 46.8 Å². The van der Waals surface area contributed by atoms with E-state index in [0.717, 1.165) is 25.7 Å². The van der Waals surface area contributed by atoms with E-state index in [2.05, 4.69) is 50.3 Å². The van der Waals surface area contributed by atoms with Gasteiger partial charge in [-0.15, -0.1) is 0 Å². The molecule has 4 aliphatic carbocycles. The van der Waals surface area contributed by atoms with Crippen LogP contribution in [0, 0.1) is 43.9 Å². The summed E-state index contributed by atoms with van der Waals surface area (Å²) in [4.78, 5) is 22.0. The third-order valence-corrected chi connectivity index (χ3v) is 20.7. The second-order valence-electron chi connectivity index (χ2n) is 11.9. The van der Waals surface area contributed by atoms with Gasteiger partial charge in [-0.05, 0) is 0 Å². The van der Waals surface area contributed by atoms with E-state index in [-0.39, 0.29) is 18.6 Å². The Labute approximate surface area is 245 Å². The van der Waals surface area contributed by atoms with Crippen LogP contribution < -0.4 is 5.63 Å². The Morgan fingerprint density at radius 3 is 1.44 bits per heavy atom. The Balaban J connectivity index is 1.55. The van der Waals surface area contributed by atoms with Crippen LogP contribution in [0.4, 0.5) is 11.4 Å². The van der Waals surface area contributed by atoms with E-state index in [0.29, 0.717) is 35.2 Å². The molecule has 0 saturated heterocycles. The molecule has 0 radical (unpaired) electrons. The van der Waals surface area contributed by atoms with Crippen molar-refractivity contribution in [3.8, 4) is 11.5 Å². The minimum absolute atomic E-state index is 0.0123. The van der Waals surface area contributed by atoms with Gasteiger partial charge in [0.1, 0.15) is 0 Å². The number of non-ortho nitro benzene ring substituents is 2. The van der Waals surface area contributed by atoms with Gasteiger partial charge in [0.2, 0.25) is 0 Å². The summed E-state index contributed by atoms with van der Waals surface area (Å²) in [6.45, 7) is 4.61. The van der Waals surface area contributed by atoms with Gasteiger partial charge < -0.3 is 0 Å². The average molecular weight is 634 g/mol. The fourth-order valence-electron chi connectivity index (χ4n) is 7.76. The van der Waals surface area contributed by atoms with Crippen LogP contribution in [0.25, 0.3) is 0 Å². The van der Waals surface area contributed by atoms with E-state index in [1.165, 1.54) is 35.4 Å². The summed E-state index contributed by atoms with van der Waals surface area (Å²) in [5, 5.41) is 22.8. The van der Waals surface area contributed by atoms with Crippen LogP contribution in [0.5, 0.6) is 11.5 Å². The first-order valence-electron chi connectivity index (χ1n) is 14.4. The van der Waals surface area contributed by atoms with Crippen molar-refractivity contribution in [1.82, 2.24) is 0 Å². The number of nitro benzene ring substituents is 2. The fraction of sp³-hybridized carbons (Fsp3) is 0.375. The van der Waals surface area contributed by atoms with Gasteiger partial charge >= 0.3 is 246 Å². The van der Waals surface area contributed by atoms with Crippen molar-refractivity contribution < 1.29 is 36.6 Å². The van der Waals surface area contributed by atoms with E-state index in [9.17, 15) is 20.2 Å². The summed E-state index contributed by atoms with van der Waals surface area (Å²) in [5.74, 6) is 2.68. The molecule has 0 N–H and O–H groups in total. The molecule has 2 aromatic carbocycles. The van der Waals surface area contributed by atoms with E-state index in [1.54, 1.807) is 24.3 Å². The van der Waals surface area contributed by atoms with Crippen LogP contribution in [-0.4, -0.2) is 9.85 Å². The van der Waals surface area contributed by atoms with Crippen molar-refractivity contribution in [2.24, 2.45) is 23.7 Å². The van der Waals surface area contributed by atoms with Crippen molar-refractivity contribution in [1.29, 1.82) is 0 Å². The maximum absolute atomic E-state index is 11.4. The minimum atomic E-state index is -4.51. The summed E-state index contributed by atoms with van der Waals surface area (Å²) < 4.78 is 14.9. The molecule has 6 atom stereocenters. The summed E-state index contributed by atoms with van der Waals surface area (Å²) in [6, 6.07) is 12.7. The number of nitro groups is 2. The zero-order valence-corrected chi connectivity index (χ0v) is 25.7. The van der Waals surface area contributed by atoms with Crippen LogP contribution in [0.15, 0.2) is 96.1 Å². The first-order chi connectivity index (χ1) is 19.8. The predicted octanol–water partition coefficient (Wildman–Crippen LogP) is 8.61. The fourth-order valence-corrected chi connectivity index (χ4v) is 21.0. The van der Waals surface area contributed by atoms with Crippen molar-refractivity contribution >= 4 is 11.4 Å². The van der Waals surface area contributed by atoms with Gasteiger partial charge in [0.25, 0.3) is 0 Å². The summed E-state index contributed by atoms with van der Waals surface area (Å²) >= 11 is -4.51. The number of nitrogens with zero attached hydrogens (tertiary/aromatic N) is 2. The van der Waals surface area contributed by atoms with Crippen LogP contribution in [-0.2, 0) is 21.1 Å². The summed E-state index contributed by atoms with van der Waals surface area (Å²) in [6.07, 6.45) is 17.4. The second kappa shape index (κ2) is 11.2. The number of hydrogen-bond acceptors (Lipinski definition) is 6. The van der Waals surface area contributed by atoms with Gasteiger partial charge in [0.15, 0.2) is 0 Å². The molecule has 0 aromatic heterocycles. The molecule has 2 saturated carbocycles. The van der Waals surface area contributed by atoms with Crippen LogP contribution in [0.2, 0.25) is 7.25 Å². The molecule has 4 aliphatic rings. The van der Waals surface area contributed by atoms with E-state index < -0.39 is 31.0 Å². The van der Waals surface area contributed by atoms with Crippen molar-refractivity contribution in [3.63, 3.8) is 0 Å². The van der Waals surface area contributed by atoms with E-state index in [4.69, 9.17) is 5.63 Å². The quantitative estimate of drug-likeness (QED) is 0.213. The van der Waals surface area contributed by atoms with Crippen molar-refractivity contribution in [3.05, 3.63) is 116 Å². The predicted molar refractivity (Wildman–Crippen MR) is 153 cm³/mol. The molecule has 212 valence electrons. The molecular formula is C32H34N2O6Zr. The SMILES string of the molecule is CC1CC2CC=CC=C2[CH]1[Zr]([O]c1ccc([N+](=O)[O-])cc1)([O]c1ccc([N+](=O)[O-])cc1)[CH]1C2=CC=CCC2CC1C. The molecular weight excluding hydrogens is 600 g/mol. The Kier molecular flexibility index (Phi) is 7.58. The molecule has 2 fully saturated rings. The molecule has 2 aromatic rings. The normalized spacial score (nSPS) is 28.3. The Morgan fingerprint density at radius 1 is 0.683 bits per heavy atom. The zero-order valence-electron chi connectivity index (χ0n) is 23.2. The molecule has 41 heavy (non-hydrogen) atoms. The number of fused-ring (bicyclic) bond motifs is 2. The molecule has 6 rings (SSSR count). The number of benzene rings is 2. The summed E-state index contributed by atoms with van der Waals surface area (Å²) in [7, 11) is 0. The standard InChI is InChI=1S/2C10H13.2C6H5NO3.Zr/c2*1-8-6-9-4-2-3-5-10(9)7-8;2*8-6-3-1-5(2-4-6)7(9)10;/h2*2-4,6,8,10H,5,7H2,1H3;2*1-4,8H;/q;;;;+2/p-2. The van der Waals surface area contributed by atoms with Gasteiger partial charge in [0.05, 0.1) is 0 Å². The van der Waals surface area contributed by atoms with Crippen LogP contribution in [0.3, 0.4) is 0 Å². The molecule has 8 nitrogen and oxygen atoms in total. The molecule has 0 aliphatic heterocycles. The molecule has 0 spiro atoms. The third kappa shape index (κ3) is 5.14. The molecule has 6 unspecified atom stereocenters. The van der Waals surface area contributed by atoms with Gasteiger partial charge in [0, 0.05) is 0 Å². The zero-order chi connectivity index (χ0) is 28.7. The maximum atomic E-state index is 11.4. The van der Waals surface area contributed by atoms with E-state index in [1.807, 2.05) is 0 Å². The van der Waals surface area contributed by atoms with Gasteiger partial charge in [-0.1, -0.05) is 0 Å². The number of rotatable bonds is 8. The first kappa shape index (κ1) is 27.8. The molecule has 0 bridgehead atoms. The van der Waals surface area contributed by atoms with Crippen LogP contribution in [0.1, 0.15) is 39.5 Å². The van der Waals surface area contributed by atoms with Crippen molar-refractivity contribution in [2.75, 3.05) is 0 Å². The second-order valence-corrected chi connectivity index (χ2v) is 19.5. The molecule has 9 heteroatoms. The van der Waals surface area contributed by atoms with Gasteiger partial charge in [-0.3, -0.25) is 0 Å². The average Bonchev–Trinajstić information content (AvgIpc) is 3.49. The van der Waals surface area contributed by atoms with Crippen LogP contribution >= 0.6 is 0 Å². The van der Waals surface area contributed by atoms with E-state index >= 15 is 0 Å². The van der Waals surface area contributed by atoms with Gasteiger partial charge in [-0.25, -0.2) is 0 Å². The Morgan fingerprint density at radius 2 is 1.07 bits per heavy atom.